The van der Waals surface area contributed by atoms with Crippen LogP contribution in [0.4, 0.5) is 0 Å². The number of nitrogens with zero attached hydrogens (tertiary/aromatic N) is 1. The average Bonchev–Trinajstić information content (AvgIpc) is 2.33. The Kier molecular flexibility index (Phi) is 3.14. The molecule has 2 amide bonds. The highest BCUT2D eigenvalue weighted by Gasteiger charge is 2.46. The van der Waals surface area contributed by atoms with Crippen LogP contribution in [0.2, 0.25) is 0 Å². The molecule has 0 aromatic heterocycles. The fourth-order valence-electron chi connectivity index (χ4n) is 1.88. The van der Waals surface area contributed by atoms with Gasteiger partial charge in [-0.25, -0.2) is 4.79 Å². The third-order valence-corrected chi connectivity index (χ3v) is 2.95. The first-order valence-corrected chi connectivity index (χ1v) is 5.37. The Balaban J connectivity index is 3.22. The summed E-state index contributed by atoms with van der Waals surface area (Å²) >= 11 is 0. The van der Waals surface area contributed by atoms with E-state index in [-0.39, 0.29) is 0 Å². The van der Waals surface area contributed by atoms with Gasteiger partial charge in [-0.3, -0.25) is 14.5 Å². The van der Waals surface area contributed by atoms with Gasteiger partial charge >= 0.3 is 5.97 Å². The maximum absolute atomic E-state index is 11.9. The summed E-state index contributed by atoms with van der Waals surface area (Å²) in [6, 6.07) is -1.14. The van der Waals surface area contributed by atoms with Gasteiger partial charge in [0.2, 0.25) is 0 Å². The molecule has 0 saturated carbocycles. The Hall–Kier alpha value is -1.65. The van der Waals surface area contributed by atoms with E-state index in [1.165, 1.54) is 13.8 Å². The number of carbonyl (C=O) groups is 3. The Morgan fingerprint density at radius 1 is 1.12 bits per heavy atom. The molecule has 5 nitrogen and oxygen atoms in total. The molecule has 1 aliphatic rings. The van der Waals surface area contributed by atoms with Crippen LogP contribution in [0.15, 0.2) is 11.1 Å². The standard InChI is InChI=1S/C12H17NO4/c1-6-7(2)10(15)13(9(6)14)8(11(16)17)12(3,4)5/h8H,1-5H3,(H,16,17). The minimum atomic E-state index is -1.17. The van der Waals surface area contributed by atoms with Crippen molar-refractivity contribution in [2.45, 2.75) is 40.7 Å². The van der Waals surface area contributed by atoms with Crippen molar-refractivity contribution in [3.63, 3.8) is 0 Å². The van der Waals surface area contributed by atoms with Crippen LogP contribution in [0.5, 0.6) is 0 Å². The fourth-order valence-corrected chi connectivity index (χ4v) is 1.88. The first kappa shape index (κ1) is 13.4. The zero-order valence-corrected chi connectivity index (χ0v) is 10.7. The van der Waals surface area contributed by atoms with Crippen LogP contribution in [-0.4, -0.2) is 33.8 Å². The summed E-state index contributed by atoms with van der Waals surface area (Å²) in [6.07, 6.45) is 0. The molecule has 0 aromatic carbocycles. The molecular weight excluding hydrogens is 222 g/mol. The summed E-state index contributed by atoms with van der Waals surface area (Å²) in [5.74, 6) is -2.17. The van der Waals surface area contributed by atoms with Gasteiger partial charge in [0.1, 0.15) is 6.04 Å². The molecule has 0 radical (unpaired) electrons. The minimum Gasteiger partial charge on any atom is -0.480 e. The number of carbonyl (C=O) groups excluding carboxylic acids is 2. The van der Waals surface area contributed by atoms with Crippen molar-refractivity contribution in [1.29, 1.82) is 0 Å². The van der Waals surface area contributed by atoms with Crippen molar-refractivity contribution in [1.82, 2.24) is 4.90 Å². The topological polar surface area (TPSA) is 74.7 Å². The van der Waals surface area contributed by atoms with E-state index in [0.717, 1.165) is 4.90 Å². The molecule has 1 rings (SSSR count). The Morgan fingerprint density at radius 3 is 1.71 bits per heavy atom. The molecule has 0 aromatic rings. The fraction of sp³-hybridized carbons (Fsp3) is 0.583. The molecule has 5 heteroatoms. The zero-order chi connectivity index (χ0) is 13.5. The lowest BCUT2D eigenvalue weighted by Gasteiger charge is -2.33. The van der Waals surface area contributed by atoms with E-state index in [9.17, 15) is 19.5 Å². The first-order chi connectivity index (χ1) is 7.59. The van der Waals surface area contributed by atoms with Gasteiger partial charge in [-0.1, -0.05) is 20.8 Å². The highest BCUT2D eigenvalue weighted by atomic mass is 16.4. The Morgan fingerprint density at radius 2 is 1.47 bits per heavy atom. The Bertz CT molecular complexity index is 404. The lowest BCUT2D eigenvalue weighted by Crippen LogP contribution is -2.52. The molecule has 1 heterocycles. The number of aliphatic carboxylic acids is 1. The van der Waals surface area contributed by atoms with Crippen LogP contribution in [0.3, 0.4) is 0 Å². The highest BCUT2D eigenvalue weighted by Crippen LogP contribution is 2.31. The predicted octanol–water partition coefficient (Wildman–Crippen LogP) is 1.19. The number of hydrogen-bond acceptors (Lipinski definition) is 3. The van der Waals surface area contributed by atoms with Crippen molar-refractivity contribution in [2.75, 3.05) is 0 Å². The maximum Gasteiger partial charge on any atom is 0.327 e. The summed E-state index contributed by atoms with van der Waals surface area (Å²) < 4.78 is 0. The van der Waals surface area contributed by atoms with E-state index in [0.29, 0.717) is 11.1 Å². The van der Waals surface area contributed by atoms with Gasteiger partial charge in [-0.2, -0.15) is 0 Å². The van der Waals surface area contributed by atoms with Crippen LogP contribution in [0, 0.1) is 5.41 Å². The molecule has 94 valence electrons. The second kappa shape index (κ2) is 3.98. The van der Waals surface area contributed by atoms with E-state index in [1.54, 1.807) is 20.8 Å². The molecule has 0 spiro atoms. The highest BCUT2D eigenvalue weighted by molar-refractivity contribution is 6.20. The second-order valence-electron chi connectivity index (χ2n) is 5.34. The van der Waals surface area contributed by atoms with Gasteiger partial charge in [0.25, 0.3) is 11.8 Å². The second-order valence-corrected chi connectivity index (χ2v) is 5.34. The monoisotopic (exact) mass is 239 g/mol. The lowest BCUT2D eigenvalue weighted by atomic mass is 9.85. The van der Waals surface area contributed by atoms with Crippen LogP contribution in [-0.2, 0) is 14.4 Å². The molecule has 0 aliphatic carbocycles. The van der Waals surface area contributed by atoms with Gasteiger partial charge in [-0.15, -0.1) is 0 Å². The quantitative estimate of drug-likeness (QED) is 0.734. The number of carboxylic acids is 1. The van der Waals surface area contributed by atoms with Gasteiger partial charge in [0.05, 0.1) is 0 Å². The van der Waals surface area contributed by atoms with Gasteiger partial charge in [0, 0.05) is 11.1 Å². The normalized spacial score (nSPS) is 19.0. The summed E-state index contributed by atoms with van der Waals surface area (Å²) in [4.78, 5) is 35.9. The number of rotatable bonds is 2. The average molecular weight is 239 g/mol. The van der Waals surface area contributed by atoms with Crippen LogP contribution in [0.1, 0.15) is 34.6 Å². The van der Waals surface area contributed by atoms with Crippen molar-refractivity contribution in [3.8, 4) is 0 Å². The van der Waals surface area contributed by atoms with Crippen LogP contribution >= 0.6 is 0 Å². The third-order valence-electron chi connectivity index (χ3n) is 2.95. The molecule has 1 N–H and O–H groups in total. The molecule has 1 atom stereocenters. The van der Waals surface area contributed by atoms with Crippen molar-refractivity contribution in [3.05, 3.63) is 11.1 Å². The molecule has 17 heavy (non-hydrogen) atoms. The molecular formula is C12H17NO4. The summed E-state index contributed by atoms with van der Waals surface area (Å²) in [5.41, 5.74) is -0.0572. The Labute approximate surface area is 100 Å². The van der Waals surface area contributed by atoms with Crippen molar-refractivity contribution in [2.24, 2.45) is 5.41 Å². The van der Waals surface area contributed by atoms with Crippen molar-refractivity contribution < 1.29 is 19.5 Å². The first-order valence-electron chi connectivity index (χ1n) is 5.37. The van der Waals surface area contributed by atoms with E-state index >= 15 is 0 Å². The number of imide groups is 1. The number of carboxylic acid groups (broad SMARTS) is 1. The van der Waals surface area contributed by atoms with E-state index in [4.69, 9.17) is 0 Å². The third kappa shape index (κ3) is 2.09. The molecule has 0 fully saturated rings. The summed E-state index contributed by atoms with van der Waals surface area (Å²) in [5, 5.41) is 9.21. The van der Waals surface area contributed by atoms with Crippen molar-refractivity contribution >= 4 is 17.8 Å². The molecule has 0 saturated heterocycles. The predicted molar refractivity (Wildman–Crippen MR) is 61.1 cm³/mol. The van der Waals surface area contributed by atoms with Gasteiger partial charge < -0.3 is 5.11 Å². The smallest absolute Gasteiger partial charge is 0.327 e. The summed E-state index contributed by atoms with van der Waals surface area (Å²) in [7, 11) is 0. The maximum atomic E-state index is 11.9. The van der Waals surface area contributed by atoms with E-state index in [1.807, 2.05) is 0 Å². The largest absolute Gasteiger partial charge is 0.480 e. The van der Waals surface area contributed by atoms with E-state index < -0.39 is 29.2 Å². The number of amides is 2. The molecule has 1 aliphatic heterocycles. The van der Waals surface area contributed by atoms with E-state index in [2.05, 4.69) is 0 Å². The SMILES string of the molecule is CC1=C(C)C(=O)N(C(C(=O)O)C(C)(C)C)C1=O. The van der Waals surface area contributed by atoms with Crippen LogP contribution < -0.4 is 0 Å². The lowest BCUT2D eigenvalue weighted by molar-refractivity contribution is -0.158. The number of hydrogen-bond donors (Lipinski definition) is 1. The summed E-state index contributed by atoms with van der Waals surface area (Å²) in [6.45, 7) is 8.15. The van der Waals surface area contributed by atoms with Gasteiger partial charge in [0.15, 0.2) is 0 Å². The van der Waals surface area contributed by atoms with Gasteiger partial charge in [-0.05, 0) is 19.3 Å². The molecule has 1 unspecified atom stereocenters. The minimum absolute atomic E-state index is 0.325. The molecule has 0 bridgehead atoms. The van der Waals surface area contributed by atoms with Crippen LogP contribution in [0.25, 0.3) is 0 Å². The zero-order valence-electron chi connectivity index (χ0n) is 10.7.